The average molecular weight is 236 g/mol. The second-order valence-corrected chi connectivity index (χ2v) is 3.57. The summed E-state index contributed by atoms with van der Waals surface area (Å²) < 4.78 is 0. The van der Waals surface area contributed by atoms with E-state index in [1.807, 2.05) is 12.1 Å². The van der Waals surface area contributed by atoms with Crippen molar-refractivity contribution in [1.82, 2.24) is 9.97 Å². The fraction of sp³-hybridized carbons (Fsp3) is 0.0909. The van der Waals surface area contributed by atoms with Crippen LogP contribution in [-0.2, 0) is 6.54 Å². The number of halogens is 1. The fourth-order valence-corrected chi connectivity index (χ4v) is 1.39. The summed E-state index contributed by atoms with van der Waals surface area (Å²) in [5, 5.41) is 12.9. The van der Waals surface area contributed by atoms with Gasteiger partial charge >= 0.3 is 0 Å². The van der Waals surface area contributed by atoms with Crippen molar-refractivity contribution in [3.05, 3.63) is 47.2 Å². The largest absolute Gasteiger partial charge is 0.508 e. The Morgan fingerprint density at radius 1 is 1.25 bits per heavy atom. The molecule has 5 heteroatoms. The quantitative estimate of drug-likeness (QED) is 0.803. The first-order chi connectivity index (χ1) is 7.75. The minimum atomic E-state index is 0.247. The predicted molar refractivity (Wildman–Crippen MR) is 62.5 cm³/mol. The van der Waals surface area contributed by atoms with E-state index < -0.39 is 0 Å². The summed E-state index contributed by atoms with van der Waals surface area (Å²) in [5.41, 5.74) is 0.783. The number of benzene rings is 1. The van der Waals surface area contributed by atoms with E-state index in [2.05, 4.69) is 15.3 Å². The van der Waals surface area contributed by atoms with Gasteiger partial charge in [-0.1, -0.05) is 29.8 Å². The van der Waals surface area contributed by atoms with Crippen LogP contribution in [-0.4, -0.2) is 15.1 Å². The second-order valence-electron chi connectivity index (χ2n) is 3.19. The summed E-state index contributed by atoms with van der Waals surface area (Å²) in [7, 11) is 0. The summed E-state index contributed by atoms with van der Waals surface area (Å²) in [5.74, 6) is 0.688. The first-order valence-electron chi connectivity index (χ1n) is 4.75. The third-order valence-electron chi connectivity index (χ3n) is 2.05. The molecule has 2 aromatic rings. The minimum Gasteiger partial charge on any atom is -0.508 e. The molecule has 0 bridgehead atoms. The second kappa shape index (κ2) is 4.81. The van der Waals surface area contributed by atoms with Gasteiger partial charge in [-0.3, -0.25) is 0 Å². The Morgan fingerprint density at radius 2 is 2.06 bits per heavy atom. The van der Waals surface area contributed by atoms with Gasteiger partial charge in [0.25, 0.3) is 0 Å². The van der Waals surface area contributed by atoms with Gasteiger partial charge in [-0.15, -0.1) is 0 Å². The molecule has 2 N–H and O–H groups in total. The lowest BCUT2D eigenvalue weighted by Crippen LogP contribution is -2.03. The van der Waals surface area contributed by atoms with Crippen LogP contribution in [0.1, 0.15) is 5.56 Å². The highest BCUT2D eigenvalue weighted by Gasteiger charge is 2.01. The van der Waals surface area contributed by atoms with Gasteiger partial charge in [-0.05, 0) is 12.1 Å². The van der Waals surface area contributed by atoms with E-state index in [-0.39, 0.29) is 5.75 Å². The molecule has 4 nitrogen and oxygen atoms in total. The first kappa shape index (κ1) is 10.7. The molecule has 0 fully saturated rings. The van der Waals surface area contributed by atoms with E-state index in [1.165, 1.54) is 0 Å². The molecule has 0 aliphatic carbocycles. The van der Waals surface area contributed by atoms with Crippen LogP contribution in [0.5, 0.6) is 5.75 Å². The lowest BCUT2D eigenvalue weighted by molar-refractivity contribution is 0.469. The number of aromatic nitrogens is 2. The summed E-state index contributed by atoms with van der Waals surface area (Å²) in [6, 6.07) is 8.69. The normalized spacial score (nSPS) is 10.1. The van der Waals surface area contributed by atoms with Crippen molar-refractivity contribution >= 4 is 17.5 Å². The number of aromatic hydroxyl groups is 1. The molecule has 0 amide bonds. The molecule has 2 rings (SSSR count). The van der Waals surface area contributed by atoms with Crippen LogP contribution in [0.4, 0.5) is 5.95 Å². The Labute approximate surface area is 97.9 Å². The van der Waals surface area contributed by atoms with Gasteiger partial charge in [0.1, 0.15) is 10.9 Å². The van der Waals surface area contributed by atoms with Gasteiger partial charge in [0, 0.05) is 18.3 Å². The highest BCUT2D eigenvalue weighted by Crippen LogP contribution is 2.16. The number of anilines is 1. The van der Waals surface area contributed by atoms with Crippen LogP contribution in [0.25, 0.3) is 0 Å². The highest BCUT2D eigenvalue weighted by molar-refractivity contribution is 6.29. The third kappa shape index (κ3) is 2.61. The molecule has 1 aromatic heterocycles. The van der Waals surface area contributed by atoms with E-state index in [9.17, 15) is 5.11 Å². The standard InChI is InChI=1S/C11H10ClN3O/c12-10-5-6-13-11(15-10)14-7-8-3-1-2-4-9(8)16/h1-6,16H,7H2,(H,13,14,15). The molecule has 0 saturated heterocycles. The van der Waals surface area contributed by atoms with Gasteiger partial charge < -0.3 is 10.4 Å². The number of rotatable bonds is 3. The van der Waals surface area contributed by atoms with Crippen molar-refractivity contribution in [2.45, 2.75) is 6.54 Å². The van der Waals surface area contributed by atoms with Gasteiger partial charge in [0.15, 0.2) is 0 Å². The maximum Gasteiger partial charge on any atom is 0.224 e. The molecule has 0 spiro atoms. The molecule has 0 aliphatic heterocycles. The Bertz CT molecular complexity index is 490. The van der Waals surface area contributed by atoms with Gasteiger partial charge in [-0.2, -0.15) is 0 Å². The molecule has 0 saturated carbocycles. The van der Waals surface area contributed by atoms with E-state index in [4.69, 9.17) is 11.6 Å². The summed E-state index contributed by atoms with van der Waals surface area (Å²) >= 11 is 5.72. The maximum atomic E-state index is 9.54. The van der Waals surface area contributed by atoms with Crippen molar-refractivity contribution < 1.29 is 5.11 Å². The number of nitrogens with zero attached hydrogens (tertiary/aromatic N) is 2. The Kier molecular flexibility index (Phi) is 3.22. The van der Waals surface area contributed by atoms with E-state index in [0.717, 1.165) is 5.56 Å². The summed E-state index contributed by atoms with van der Waals surface area (Å²) in [6.45, 7) is 0.451. The van der Waals surface area contributed by atoms with Crippen LogP contribution in [0.2, 0.25) is 5.15 Å². The molecular formula is C11H10ClN3O. The van der Waals surface area contributed by atoms with Gasteiger partial charge in [0.2, 0.25) is 5.95 Å². The van der Waals surface area contributed by atoms with E-state index >= 15 is 0 Å². The van der Waals surface area contributed by atoms with Gasteiger partial charge in [-0.25, -0.2) is 9.97 Å². The maximum absolute atomic E-state index is 9.54. The lowest BCUT2D eigenvalue weighted by atomic mass is 10.2. The molecule has 1 aromatic carbocycles. The molecule has 82 valence electrons. The molecule has 0 radical (unpaired) electrons. The molecule has 0 unspecified atom stereocenters. The zero-order valence-corrected chi connectivity index (χ0v) is 9.15. The first-order valence-corrected chi connectivity index (χ1v) is 5.13. The van der Waals surface area contributed by atoms with E-state index in [1.54, 1.807) is 24.4 Å². The van der Waals surface area contributed by atoms with Crippen LogP contribution in [0.15, 0.2) is 36.5 Å². The Morgan fingerprint density at radius 3 is 2.81 bits per heavy atom. The SMILES string of the molecule is Oc1ccccc1CNc1nccc(Cl)n1. The van der Waals surface area contributed by atoms with Crippen LogP contribution >= 0.6 is 11.6 Å². The van der Waals surface area contributed by atoms with Gasteiger partial charge in [0.05, 0.1) is 0 Å². The highest BCUT2D eigenvalue weighted by atomic mass is 35.5. The van der Waals surface area contributed by atoms with Crippen molar-refractivity contribution in [1.29, 1.82) is 0 Å². The monoisotopic (exact) mass is 235 g/mol. The number of hydrogen-bond acceptors (Lipinski definition) is 4. The number of phenols is 1. The molecule has 1 heterocycles. The van der Waals surface area contributed by atoms with Crippen LogP contribution in [0, 0.1) is 0 Å². The van der Waals surface area contributed by atoms with Crippen molar-refractivity contribution in [3.63, 3.8) is 0 Å². The Balaban J connectivity index is 2.05. The van der Waals surface area contributed by atoms with Crippen molar-refractivity contribution in [3.8, 4) is 5.75 Å². The number of phenolic OH excluding ortho intramolecular Hbond substituents is 1. The predicted octanol–water partition coefficient (Wildman–Crippen LogP) is 2.45. The fourth-order valence-electron chi connectivity index (χ4n) is 1.26. The Hall–Kier alpha value is -1.81. The number of hydrogen-bond donors (Lipinski definition) is 2. The molecule has 16 heavy (non-hydrogen) atoms. The number of para-hydroxylation sites is 1. The molecular weight excluding hydrogens is 226 g/mol. The zero-order chi connectivity index (χ0) is 11.4. The average Bonchev–Trinajstić information content (AvgIpc) is 2.28. The minimum absolute atomic E-state index is 0.247. The molecule has 0 atom stereocenters. The van der Waals surface area contributed by atoms with Crippen LogP contribution < -0.4 is 5.32 Å². The number of nitrogens with one attached hydrogen (secondary N) is 1. The van der Waals surface area contributed by atoms with Crippen LogP contribution in [0.3, 0.4) is 0 Å². The topological polar surface area (TPSA) is 58.0 Å². The van der Waals surface area contributed by atoms with E-state index in [0.29, 0.717) is 17.6 Å². The van der Waals surface area contributed by atoms with Crippen molar-refractivity contribution in [2.24, 2.45) is 0 Å². The zero-order valence-electron chi connectivity index (χ0n) is 8.39. The third-order valence-corrected chi connectivity index (χ3v) is 2.26. The summed E-state index contributed by atoms with van der Waals surface area (Å²) in [4.78, 5) is 7.98. The molecule has 0 aliphatic rings. The summed E-state index contributed by atoms with van der Waals surface area (Å²) in [6.07, 6.45) is 1.57. The van der Waals surface area contributed by atoms with Crippen molar-refractivity contribution in [2.75, 3.05) is 5.32 Å². The smallest absolute Gasteiger partial charge is 0.224 e. The lowest BCUT2D eigenvalue weighted by Gasteiger charge is -2.06.